The maximum atomic E-state index is 10.4. The van der Waals surface area contributed by atoms with E-state index in [1.54, 1.807) is 0 Å². The standard InChI is InChI=1S/C6H7N3O2/c10-6(11)4-1-3(4)5-7-2-8-9-5/h2-4H,1H2,(H,10,11)(H,7,8,9)/t3-,4+/m0/s1. The number of aliphatic carboxylic acids is 1. The summed E-state index contributed by atoms with van der Waals surface area (Å²) in [6.45, 7) is 0. The highest BCUT2D eigenvalue weighted by molar-refractivity contribution is 5.74. The highest BCUT2D eigenvalue weighted by Crippen LogP contribution is 2.45. The van der Waals surface area contributed by atoms with Crippen molar-refractivity contribution in [1.82, 2.24) is 15.2 Å². The average molecular weight is 153 g/mol. The number of nitrogens with one attached hydrogen (secondary N) is 1. The van der Waals surface area contributed by atoms with Crippen molar-refractivity contribution in [1.29, 1.82) is 0 Å². The molecule has 11 heavy (non-hydrogen) atoms. The summed E-state index contributed by atoms with van der Waals surface area (Å²) in [5.74, 6) is -0.234. The number of H-pyrrole nitrogens is 1. The van der Waals surface area contributed by atoms with Crippen LogP contribution < -0.4 is 0 Å². The number of rotatable bonds is 2. The van der Waals surface area contributed by atoms with Crippen molar-refractivity contribution in [2.24, 2.45) is 5.92 Å². The van der Waals surface area contributed by atoms with E-state index in [1.165, 1.54) is 6.33 Å². The molecule has 1 aliphatic carbocycles. The Morgan fingerprint density at radius 3 is 3.09 bits per heavy atom. The van der Waals surface area contributed by atoms with E-state index in [-0.39, 0.29) is 11.8 Å². The number of carboxylic acid groups (broad SMARTS) is 1. The Balaban J connectivity index is 2.08. The summed E-state index contributed by atoms with van der Waals surface area (Å²) >= 11 is 0. The van der Waals surface area contributed by atoms with Gasteiger partial charge in [0.15, 0.2) is 0 Å². The van der Waals surface area contributed by atoms with Crippen molar-refractivity contribution in [3.8, 4) is 0 Å². The Bertz CT molecular complexity index is 269. The summed E-state index contributed by atoms with van der Waals surface area (Å²) in [6, 6.07) is 0. The summed E-state index contributed by atoms with van der Waals surface area (Å²) < 4.78 is 0. The minimum absolute atomic E-state index is 0.0648. The predicted octanol–water partition coefficient (Wildman–Crippen LogP) is -0.00720. The molecule has 2 atom stereocenters. The first-order valence-corrected chi connectivity index (χ1v) is 3.37. The molecule has 1 aromatic heterocycles. The molecule has 2 rings (SSSR count). The zero-order valence-corrected chi connectivity index (χ0v) is 5.69. The van der Waals surface area contributed by atoms with Gasteiger partial charge in [-0.1, -0.05) is 0 Å². The molecule has 0 unspecified atom stereocenters. The second-order valence-corrected chi connectivity index (χ2v) is 2.66. The number of carbonyl (C=O) groups is 1. The first kappa shape index (κ1) is 6.33. The molecular weight excluding hydrogens is 146 g/mol. The molecule has 1 heterocycles. The first-order chi connectivity index (χ1) is 5.29. The van der Waals surface area contributed by atoms with Crippen LogP contribution >= 0.6 is 0 Å². The summed E-state index contributed by atoms with van der Waals surface area (Å²) in [7, 11) is 0. The number of hydrogen-bond acceptors (Lipinski definition) is 3. The second-order valence-electron chi connectivity index (χ2n) is 2.66. The van der Waals surface area contributed by atoms with Crippen molar-refractivity contribution in [3.63, 3.8) is 0 Å². The zero-order valence-electron chi connectivity index (χ0n) is 5.69. The van der Waals surface area contributed by atoms with Gasteiger partial charge in [-0.05, 0) is 6.42 Å². The molecule has 0 aromatic carbocycles. The maximum Gasteiger partial charge on any atom is 0.307 e. The lowest BCUT2D eigenvalue weighted by Gasteiger charge is -1.87. The number of nitrogens with zero attached hydrogens (tertiary/aromatic N) is 2. The van der Waals surface area contributed by atoms with Crippen molar-refractivity contribution in [3.05, 3.63) is 12.2 Å². The molecule has 1 fully saturated rings. The van der Waals surface area contributed by atoms with Gasteiger partial charge in [0.1, 0.15) is 12.2 Å². The van der Waals surface area contributed by atoms with Gasteiger partial charge in [-0.2, -0.15) is 5.10 Å². The third-order valence-corrected chi connectivity index (χ3v) is 1.89. The van der Waals surface area contributed by atoms with E-state index < -0.39 is 5.97 Å². The minimum atomic E-state index is -0.744. The van der Waals surface area contributed by atoms with E-state index in [0.717, 1.165) is 0 Å². The van der Waals surface area contributed by atoms with Gasteiger partial charge >= 0.3 is 5.97 Å². The average Bonchev–Trinajstić information content (AvgIpc) is 2.60. The van der Waals surface area contributed by atoms with Crippen molar-refractivity contribution in [2.45, 2.75) is 12.3 Å². The largest absolute Gasteiger partial charge is 0.481 e. The molecule has 0 spiro atoms. The van der Waals surface area contributed by atoms with E-state index in [4.69, 9.17) is 5.11 Å². The van der Waals surface area contributed by atoms with Gasteiger partial charge in [-0.15, -0.1) is 0 Å². The monoisotopic (exact) mass is 153 g/mol. The second kappa shape index (κ2) is 2.05. The molecule has 0 aliphatic heterocycles. The van der Waals surface area contributed by atoms with Crippen molar-refractivity contribution < 1.29 is 9.90 Å². The van der Waals surface area contributed by atoms with Crippen LogP contribution in [0.1, 0.15) is 18.2 Å². The molecular formula is C6H7N3O2. The maximum absolute atomic E-state index is 10.4. The fourth-order valence-corrected chi connectivity index (χ4v) is 1.16. The molecule has 1 aliphatic rings. The van der Waals surface area contributed by atoms with E-state index in [1.807, 2.05) is 0 Å². The Morgan fingerprint density at radius 1 is 1.82 bits per heavy atom. The van der Waals surface area contributed by atoms with Crippen LogP contribution in [-0.4, -0.2) is 26.3 Å². The number of aromatic amines is 1. The molecule has 0 amide bonds. The molecule has 0 radical (unpaired) electrons. The molecule has 2 N–H and O–H groups in total. The number of hydrogen-bond donors (Lipinski definition) is 2. The quantitative estimate of drug-likeness (QED) is 0.626. The van der Waals surface area contributed by atoms with Gasteiger partial charge in [-0.3, -0.25) is 9.89 Å². The van der Waals surface area contributed by atoms with E-state index in [0.29, 0.717) is 12.2 Å². The molecule has 1 aromatic rings. The lowest BCUT2D eigenvalue weighted by atomic mass is 10.3. The summed E-state index contributed by atoms with van der Waals surface area (Å²) in [4.78, 5) is 14.3. The van der Waals surface area contributed by atoms with Crippen LogP contribution in [0.3, 0.4) is 0 Å². The van der Waals surface area contributed by atoms with Crippen LogP contribution in [0.25, 0.3) is 0 Å². The smallest absolute Gasteiger partial charge is 0.307 e. The predicted molar refractivity (Wildman–Crippen MR) is 34.9 cm³/mol. The molecule has 5 heteroatoms. The van der Waals surface area contributed by atoms with Crippen LogP contribution in [0.2, 0.25) is 0 Å². The van der Waals surface area contributed by atoms with Crippen LogP contribution in [-0.2, 0) is 4.79 Å². The van der Waals surface area contributed by atoms with Gasteiger partial charge in [0.2, 0.25) is 0 Å². The normalized spacial score (nSPS) is 28.4. The third kappa shape index (κ3) is 0.978. The Labute approximate surface area is 62.5 Å². The summed E-state index contributed by atoms with van der Waals surface area (Å²) in [5, 5.41) is 14.9. The Hall–Kier alpha value is -1.39. The van der Waals surface area contributed by atoms with Gasteiger partial charge < -0.3 is 5.11 Å². The zero-order chi connectivity index (χ0) is 7.84. The first-order valence-electron chi connectivity index (χ1n) is 3.37. The van der Waals surface area contributed by atoms with Gasteiger partial charge in [0.25, 0.3) is 0 Å². The Morgan fingerprint density at radius 2 is 2.64 bits per heavy atom. The fraction of sp³-hybridized carbons (Fsp3) is 0.500. The van der Waals surface area contributed by atoms with Gasteiger partial charge in [0.05, 0.1) is 5.92 Å². The SMILES string of the molecule is O=C(O)[C@@H]1C[C@@H]1c1ncn[nH]1. The van der Waals surface area contributed by atoms with E-state index in [9.17, 15) is 4.79 Å². The molecule has 5 nitrogen and oxygen atoms in total. The van der Waals surface area contributed by atoms with Crippen molar-refractivity contribution >= 4 is 5.97 Å². The highest BCUT2D eigenvalue weighted by Gasteiger charge is 2.46. The lowest BCUT2D eigenvalue weighted by Crippen LogP contribution is -1.99. The van der Waals surface area contributed by atoms with Gasteiger partial charge in [-0.25, -0.2) is 4.98 Å². The van der Waals surface area contributed by atoms with Crippen LogP contribution in [0, 0.1) is 5.92 Å². The number of aromatic nitrogens is 3. The summed E-state index contributed by atoms with van der Waals surface area (Å²) in [5.41, 5.74) is 0. The number of carboxylic acids is 1. The van der Waals surface area contributed by atoms with Crippen LogP contribution in [0.15, 0.2) is 6.33 Å². The minimum Gasteiger partial charge on any atom is -0.481 e. The fourth-order valence-electron chi connectivity index (χ4n) is 1.16. The Kier molecular flexibility index (Phi) is 1.18. The summed E-state index contributed by atoms with van der Waals surface area (Å²) in [6.07, 6.45) is 2.08. The van der Waals surface area contributed by atoms with Crippen LogP contribution in [0.5, 0.6) is 0 Å². The van der Waals surface area contributed by atoms with Crippen LogP contribution in [0.4, 0.5) is 0 Å². The highest BCUT2D eigenvalue weighted by atomic mass is 16.4. The topological polar surface area (TPSA) is 78.9 Å². The van der Waals surface area contributed by atoms with E-state index >= 15 is 0 Å². The molecule has 58 valence electrons. The third-order valence-electron chi connectivity index (χ3n) is 1.89. The van der Waals surface area contributed by atoms with Crippen molar-refractivity contribution in [2.75, 3.05) is 0 Å². The molecule has 1 saturated carbocycles. The lowest BCUT2D eigenvalue weighted by molar-refractivity contribution is -0.138. The van der Waals surface area contributed by atoms with Gasteiger partial charge in [0, 0.05) is 5.92 Å². The molecule has 0 saturated heterocycles. The van der Waals surface area contributed by atoms with E-state index in [2.05, 4.69) is 15.2 Å². The molecule has 0 bridgehead atoms.